The van der Waals surface area contributed by atoms with Gasteiger partial charge < -0.3 is 14.2 Å². The van der Waals surface area contributed by atoms with Gasteiger partial charge in [-0.15, -0.1) is 0 Å². The first-order chi connectivity index (χ1) is 14.9. The Morgan fingerprint density at radius 1 is 1.06 bits per heavy atom. The zero-order valence-electron chi connectivity index (χ0n) is 17.9. The molecular formula is C23H27NO6S. The van der Waals surface area contributed by atoms with Crippen LogP contribution in [0.1, 0.15) is 30.1 Å². The number of methoxy groups -OCH3 is 2. The van der Waals surface area contributed by atoms with Crippen LogP contribution in [-0.2, 0) is 9.84 Å². The number of unbranched alkanes of at least 4 members (excludes halogenated alkanes) is 1. The van der Waals surface area contributed by atoms with Gasteiger partial charge in [0, 0.05) is 17.0 Å². The van der Waals surface area contributed by atoms with Crippen LogP contribution in [-0.4, -0.2) is 46.9 Å². The highest BCUT2D eigenvalue weighted by Gasteiger charge is 2.33. The smallest absolute Gasteiger partial charge is 0.258 e. The topological polar surface area (TPSA) is 82.1 Å². The van der Waals surface area contributed by atoms with E-state index in [1.807, 2.05) is 0 Å². The number of rotatable bonds is 9. The van der Waals surface area contributed by atoms with E-state index in [1.165, 1.54) is 25.2 Å². The summed E-state index contributed by atoms with van der Waals surface area (Å²) in [6, 6.07) is 11.3. The van der Waals surface area contributed by atoms with Gasteiger partial charge in [-0.2, -0.15) is 0 Å². The second kappa shape index (κ2) is 9.87. The summed E-state index contributed by atoms with van der Waals surface area (Å²) in [4.78, 5) is 15.0. The molecule has 0 saturated heterocycles. The largest absolute Gasteiger partial charge is 0.497 e. The third-order valence-corrected chi connectivity index (χ3v) is 6.35. The fraction of sp³-hybridized carbons (Fsp3) is 0.348. The number of hydrogen-bond donors (Lipinski definition) is 0. The van der Waals surface area contributed by atoms with E-state index in [4.69, 9.17) is 14.2 Å². The summed E-state index contributed by atoms with van der Waals surface area (Å²) in [6.07, 6.45) is 3.51. The van der Waals surface area contributed by atoms with Gasteiger partial charge in [-0.3, -0.25) is 9.69 Å². The van der Waals surface area contributed by atoms with Crippen LogP contribution in [0, 0.1) is 0 Å². The number of anilines is 1. The highest BCUT2D eigenvalue weighted by molar-refractivity contribution is 7.94. The maximum Gasteiger partial charge on any atom is 0.258 e. The Hall–Kier alpha value is -3.00. The number of amides is 1. The van der Waals surface area contributed by atoms with Crippen LogP contribution in [0.3, 0.4) is 0 Å². The molecule has 1 heterocycles. The lowest BCUT2D eigenvalue weighted by atomic mass is 10.1. The van der Waals surface area contributed by atoms with Gasteiger partial charge in [0.15, 0.2) is 9.84 Å². The molecule has 0 aliphatic carbocycles. The lowest BCUT2D eigenvalue weighted by molar-refractivity contribution is 0.0982. The van der Waals surface area contributed by atoms with E-state index in [0.29, 0.717) is 35.1 Å². The Labute approximate surface area is 183 Å². The third-order valence-electron chi connectivity index (χ3n) is 4.98. The van der Waals surface area contributed by atoms with Crippen LogP contribution >= 0.6 is 0 Å². The number of nitrogens with zero attached hydrogens (tertiary/aromatic N) is 1. The zero-order valence-corrected chi connectivity index (χ0v) is 18.7. The maximum absolute atomic E-state index is 13.5. The molecule has 0 spiro atoms. The molecule has 0 saturated carbocycles. The van der Waals surface area contributed by atoms with Crippen molar-refractivity contribution in [3.8, 4) is 17.2 Å². The average molecular weight is 446 g/mol. The molecule has 2 aromatic carbocycles. The summed E-state index contributed by atoms with van der Waals surface area (Å²) in [5.74, 6) is 1.13. The average Bonchev–Trinajstić information content (AvgIpc) is 3.13. The normalized spacial score (nSPS) is 16.7. The van der Waals surface area contributed by atoms with Gasteiger partial charge in [0.1, 0.15) is 17.2 Å². The number of carbonyl (C=O) groups excluding carboxylic acids is 1. The molecule has 0 fully saturated rings. The van der Waals surface area contributed by atoms with Gasteiger partial charge in [0.25, 0.3) is 5.91 Å². The predicted molar refractivity (Wildman–Crippen MR) is 120 cm³/mol. The van der Waals surface area contributed by atoms with Crippen molar-refractivity contribution < 1.29 is 27.4 Å². The van der Waals surface area contributed by atoms with E-state index < -0.39 is 15.9 Å². The van der Waals surface area contributed by atoms with E-state index in [2.05, 4.69) is 6.92 Å². The second-order valence-corrected chi connectivity index (χ2v) is 9.10. The fourth-order valence-electron chi connectivity index (χ4n) is 3.31. The van der Waals surface area contributed by atoms with Gasteiger partial charge in [-0.1, -0.05) is 13.3 Å². The van der Waals surface area contributed by atoms with Crippen LogP contribution in [0.15, 0.2) is 53.9 Å². The Bertz CT molecular complexity index is 1050. The summed E-state index contributed by atoms with van der Waals surface area (Å²) >= 11 is 0. The van der Waals surface area contributed by atoms with Gasteiger partial charge in [0.2, 0.25) is 0 Å². The SMILES string of the molecule is CCCCOc1ccc(C(=O)N(c2ccc(OC)cc2OC)[C@H]2C=CS(=O)(=O)C2)cc1. The van der Waals surface area contributed by atoms with E-state index in [0.717, 1.165) is 18.2 Å². The maximum atomic E-state index is 13.5. The monoisotopic (exact) mass is 445 g/mol. The predicted octanol–water partition coefficient (Wildman–Crippen LogP) is 3.84. The molecule has 8 heteroatoms. The van der Waals surface area contributed by atoms with Crippen LogP contribution in [0.2, 0.25) is 0 Å². The molecule has 1 atom stereocenters. The first kappa shape index (κ1) is 22.7. The molecule has 0 N–H and O–H groups in total. The number of sulfone groups is 1. The van der Waals surface area contributed by atoms with Crippen molar-refractivity contribution in [2.24, 2.45) is 0 Å². The molecule has 0 unspecified atom stereocenters. The van der Waals surface area contributed by atoms with Crippen molar-refractivity contribution in [1.29, 1.82) is 0 Å². The molecule has 31 heavy (non-hydrogen) atoms. The Balaban J connectivity index is 1.95. The Kier molecular flexibility index (Phi) is 7.22. The second-order valence-electron chi connectivity index (χ2n) is 7.16. The van der Waals surface area contributed by atoms with Crippen molar-refractivity contribution in [1.82, 2.24) is 0 Å². The van der Waals surface area contributed by atoms with Crippen LogP contribution in [0.5, 0.6) is 17.2 Å². The van der Waals surface area contributed by atoms with Gasteiger partial charge in [0.05, 0.1) is 38.3 Å². The molecule has 7 nitrogen and oxygen atoms in total. The molecule has 0 radical (unpaired) electrons. The number of ether oxygens (including phenoxy) is 3. The minimum atomic E-state index is -3.38. The molecule has 0 aromatic heterocycles. The van der Waals surface area contributed by atoms with Crippen molar-refractivity contribution in [2.45, 2.75) is 25.8 Å². The van der Waals surface area contributed by atoms with Crippen molar-refractivity contribution >= 4 is 21.4 Å². The third kappa shape index (κ3) is 5.38. The van der Waals surface area contributed by atoms with Crippen LogP contribution in [0.25, 0.3) is 0 Å². The van der Waals surface area contributed by atoms with Crippen molar-refractivity contribution in [3.63, 3.8) is 0 Å². The number of hydrogen-bond acceptors (Lipinski definition) is 6. The number of benzene rings is 2. The summed E-state index contributed by atoms with van der Waals surface area (Å²) in [7, 11) is -0.350. The van der Waals surface area contributed by atoms with E-state index in [9.17, 15) is 13.2 Å². The summed E-state index contributed by atoms with van der Waals surface area (Å²) in [5.41, 5.74) is 0.877. The van der Waals surface area contributed by atoms with Crippen LogP contribution in [0.4, 0.5) is 5.69 Å². The van der Waals surface area contributed by atoms with Crippen LogP contribution < -0.4 is 19.1 Å². The summed E-state index contributed by atoms with van der Waals surface area (Å²) in [5, 5.41) is 1.15. The minimum Gasteiger partial charge on any atom is -0.497 e. The summed E-state index contributed by atoms with van der Waals surface area (Å²) in [6.45, 7) is 2.70. The first-order valence-electron chi connectivity index (χ1n) is 10.1. The molecule has 0 bridgehead atoms. The van der Waals surface area contributed by atoms with Crippen molar-refractivity contribution in [3.05, 3.63) is 59.5 Å². The molecule has 2 aromatic rings. The standard InChI is InChI=1S/C23H27NO6S/c1-4-5-13-30-19-8-6-17(7-9-19)23(25)24(18-12-14-31(26,27)16-18)21-11-10-20(28-2)15-22(21)29-3/h6-12,14-15,18H,4-5,13,16H2,1-3H3/t18-/m0/s1. The quantitative estimate of drug-likeness (QED) is 0.546. The zero-order chi connectivity index (χ0) is 22.4. The lowest BCUT2D eigenvalue weighted by Gasteiger charge is -2.29. The van der Waals surface area contributed by atoms with E-state index >= 15 is 0 Å². The minimum absolute atomic E-state index is 0.188. The van der Waals surface area contributed by atoms with Gasteiger partial charge in [-0.05, 0) is 48.9 Å². The Morgan fingerprint density at radius 3 is 2.35 bits per heavy atom. The number of carbonyl (C=O) groups is 1. The highest BCUT2D eigenvalue weighted by Crippen LogP contribution is 2.36. The van der Waals surface area contributed by atoms with Gasteiger partial charge in [-0.25, -0.2) is 8.42 Å². The van der Waals surface area contributed by atoms with E-state index in [1.54, 1.807) is 42.5 Å². The fourth-order valence-corrected chi connectivity index (χ4v) is 4.58. The lowest BCUT2D eigenvalue weighted by Crippen LogP contribution is -2.41. The molecular weight excluding hydrogens is 418 g/mol. The molecule has 1 aliphatic rings. The summed E-state index contributed by atoms with van der Waals surface area (Å²) < 4.78 is 40.5. The van der Waals surface area contributed by atoms with Gasteiger partial charge >= 0.3 is 0 Å². The highest BCUT2D eigenvalue weighted by atomic mass is 32.2. The molecule has 3 rings (SSSR count). The van der Waals surface area contributed by atoms with Crippen molar-refractivity contribution in [2.75, 3.05) is 31.5 Å². The molecule has 1 amide bonds. The van der Waals surface area contributed by atoms with E-state index in [-0.39, 0.29) is 11.7 Å². The Morgan fingerprint density at radius 2 is 1.77 bits per heavy atom. The first-order valence-corrected chi connectivity index (χ1v) is 11.8. The molecule has 1 aliphatic heterocycles. The molecule has 166 valence electrons.